The van der Waals surface area contributed by atoms with E-state index >= 15 is 0 Å². The lowest BCUT2D eigenvalue weighted by atomic mass is 10.0. The number of hydrogen-bond donors (Lipinski definition) is 1. The van der Waals surface area contributed by atoms with Crippen molar-refractivity contribution in [1.29, 1.82) is 0 Å². The number of carbonyl (C=O) groups excluding carboxylic acids is 2. The Labute approximate surface area is 287 Å². The molecule has 47 heavy (non-hydrogen) atoms. The molecule has 0 aromatic heterocycles. The number of rotatable bonds is 13. The van der Waals surface area contributed by atoms with E-state index in [2.05, 4.69) is 5.32 Å². The van der Waals surface area contributed by atoms with Crippen molar-refractivity contribution in [3.8, 4) is 5.75 Å². The van der Waals surface area contributed by atoms with Crippen LogP contribution in [-0.4, -0.2) is 49.9 Å². The first-order valence-corrected chi connectivity index (χ1v) is 17.4. The summed E-state index contributed by atoms with van der Waals surface area (Å²) in [6.07, 6.45) is 0.179. The van der Waals surface area contributed by atoms with E-state index in [1.165, 1.54) is 29.2 Å². The Morgan fingerprint density at radius 3 is 2.11 bits per heavy atom. The molecule has 0 radical (unpaired) electrons. The molecule has 248 valence electrons. The molecule has 0 aliphatic rings. The maximum absolute atomic E-state index is 14.7. The molecule has 0 spiro atoms. The SMILES string of the molecule is CCOc1ccccc1N(CC(=O)N(Cc1ccccc1Cl)[C@@H](Cc1ccccc1)C(=O)NC(C)(C)C)S(=O)(=O)c1ccc(Cl)cc1. The summed E-state index contributed by atoms with van der Waals surface area (Å²) >= 11 is 12.7. The smallest absolute Gasteiger partial charge is 0.264 e. The number of halogens is 2. The minimum Gasteiger partial charge on any atom is -0.492 e. The van der Waals surface area contributed by atoms with Crippen molar-refractivity contribution in [2.45, 2.75) is 57.1 Å². The van der Waals surface area contributed by atoms with Crippen molar-refractivity contribution in [3.05, 3.63) is 124 Å². The number of amides is 2. The second-order valence-electron chi connectivity index (χ2n) is 11.9. The molecule has 0 aliphatic heterocycles. The van der Waals surface area contributed by atoms with Gasteiger partial charge in [0.25, 0.3) is 10.0 Å². The number of hydrogen-bond acceptors (Lipinski definition) is 5. The van der Waals surface area contributed by atoms with Crippen molar-refractivity contribution in [3.63, 3.8) is 0 Å². The zero-order valence-electron chi connectivity index (χ0n) is 26.8. The minimum absolute atomic E-state index is 0.0461. The third-order valence-electron chi connectivity index (χ3n) is 7.18. The van der Waals surface area contributed by atoms with Crippen LogP contribution in [0, 0.1) is 0 Å². The van der Waals surface area contributed by atoms with Gasteiger partial charge in [-0.2, -0.15) is 0 Å². The number of para-hydroxylation sites is 2. The number of sulfonamides is 1. The summed E-state index contributed by atoms with van der Waals surface area (Å²) < 4.78 is 35.4. The van der Waals surface area contributed by atoms with Crippen LogP contribution in [0.2, 0.25) is 10.0 Å². The summed E-state index contributed by atoms with van der Waals surface area (Å²) in [5, 5.41) is 3.79. The Bertz CT molecular complexity index is 1780. The molecular formula is C36H39Cl2N3O5S. The summed E-state index contributed by atoms with van der Waals surface area (Å²) in [6, 6.07) is 27.7. The summed E-state index contributed by atoms with van der Waals surface area (Å²) in [7, 11) is -4.33. The van der Waals surface area contributed by atoms with Gasteiger partial charge in [-0.1, -0.05) is 83.9 Å². The van der Waals surface area contributed by atoms with Gasteiger partial charge in [0.05, 0.1) is 17.2 Å². The van der Waals surface area contributed by atoms with Gasteiger partial charge >= 0.3 is 0 Å². The van der Waals surface area contributed by atoms with Crippen LogP contribution < -0.4 is 14.4 Å². The first-order chi connectivity index (χ1) is 22.3. The number of anilines is 1. The molecule has 2 amide bonds. The number of ether oxygens (including phenoxy) is 1. The molecule has 0 heterocycles. The van der Waals surface area contributed by atoms with Crippen molar-refractivity contribution < 1.29 is 22.7 Å². The molecule has 0 saturated heterocycles. The zero-order chi connectivity index (χ0) is 34.2. The van der Waals surface area contributed by atoms with E-state index in [-0.39, 0.29) is 41.8 Å². The van der Waals surface area contributed by atoms with E-state index in [0.29, 0.717) is 15.6 Å². The predicted molar refractivity (Wildman–Crippen MR) is 187 cm³/mol. The Morgan fingerprint density at radius 2 is 1.47 bits per heavy atom. The average molecular weight is 697 g/mol. The van der Waals surface area contributed by atoms with Gasteiger partial charge in [0, 0.05) is 28.5 Å². The zero-order valence-corrected chi connectivity index (χ0v) is 29.1. The lowest BCUT2D eigenvalue weighted by Gasteiger charge is -2.35. The second kappa shape index (κ2) is 15.7. The number of benzene rings is 4. The maximum atomic E-state index is 14.7. The molecule has 0 bridgehead atoms. The molecule has 1 atom stereocenters. The van der Waals surface area contributed by atoms with E-state index in [9.17, 15) is 18.0 Å². The fourth-order valence-electron chi connectivity index (χ4n) is 5.00. The summed E-state index contributed by atoms with van der Waals surface area (Å²) in [5.74, 6) is -0.716. The van der Waals surface area contributed by atoms with E-state index < -0.39 is 34.1 Å². The van der Waals surface area contributed by atoms with Gasteiger partial charge < -0.3 is 15.0 Å². The van der Waals surface area contributed by atoms with Gasteiger partial charge in [-0.25, -0.2) is 8.42 Å². The third kappa shape index (κ3) is 9.50. The monoisotopic (exact) mass is 695 g/mol. The standard InChI is InChI=1S/C36H39Cl2N3O5S/c1-5-46-33-18-12-11-17-31(33)41(47(44,45)29-21-19-28(37)20-22-29)25-34(42)40(24-27-15-9-10-16-30(27)38)32(35(43)39-36(2,3)4)23-26-13-7-6-8-14-26/h6-22,32H,5,23-25H2,1-4H3,(H,39,43)/t32-/m0/s1. The fourth-order valence-corrected chi connectivity index (χ4v) is 6.75. The van der Waals surface area contributed by atoms with Crippen LogP contribution in [0.4, 0.5) is 5.69 Å². The van der Waals surface area contributed by atoms with Crippen LogP contribution in [0.15, 0.2) is 108 Å². The minimum atomic E-state index is -4.33. The Hall–Kier alpha value is -4.05. The number of nitrogens with zero attached hydrogens (tertiary/aromatic N) is 2. The average Bonchev–Trinajstić information content (AvgIpc) is 3.02. The predicted octanol–water partition coefficient (Wildman–Crippen LogP) is 7.14. The van der Waals surface area contributed by atoms with Gasteiger partial charge in [-0.15, -0.1) is 0 Å². The first-order valence-electron chi connectivity index (χ1n) is 15.2. The molecule has 4 rings (SSSR count). The molecule has 0 fully saturated rings. The molecule has 0 saturated carbocycles. The van der Waals surface area contributed by atoms with Crippen LogP contribution in [0.3, 0.4) is 0 Å². The molecule has 8 nitrogen and oxygen atoms in total. The van der Waals surface area contributed by atoms with Crippen molar-refractivity contribution in [2.75, 3.05) is 17.5 Å². The highest BCUT2D eigenvalue weighted by Crippen LogP contribution is 2.33. The second-order valence-corrected chi connectivity index (χ2v) is 14.6. The third-order valence-corrected chi connectivity index (χ3v) is 9.58. The Balaban J connectivity index is 1.86. The van der Waals surface area contributed by atoms with E-state index in [4.69, 9.17) is 27.9 Å². The molecule has 4 aromatic rings. The van der Waals surface area contributed by atoms with Crippen LogP contribution in [-0.2, 0) is 32.6 Å². The van der Waals surface area contributed by atoms with E-state index in [0.717, 1.165) is 9.87 Å². The molecular weight excluding hydrogens is 657 g/mol. The molecule has 0 unspecified atom stereocenters. The van der Waals surface area contributed by atoms with Gasteiger partial charge in [-0.05, 0) is 81.3 Å². The summed E-state index contributed by atoms with van der Waals surface area (Å²) in [5.41, 5.74) is 0.997. The van der Waals surface area contributed by atoms with Crippen molar-refractivity contribution in [2.24, 2.45) is 0 Å². The molecule has 11 heteroatoms. The topological polar surface area (TPSA) is 96.0 Å². The fraction of sp³-hybridized carbons (Fsp3) is 0.278. The lowest BCUT2D eigenvalue weighted by molar-refractivity contribution is -0.140. The van der Waals surface area contributed by atoms with Gasteiger partial charge in [0.2, 0.25) is 11.8 Å². The Kier molecular flexibility index (Phi) is 12.0. The van der Waals surface area contributed by atoms with Crippen LogP contribution >= 0.6 is 23.2 Å². The Morgan fingerprint density at radius 1 is 0.851 bits per heavy atom. The quantitative estimate of drug-likeness (QED) is 0.160. The van der Waals surface area contributed by atoms with Crippen molar-refractivity contribution >= 4 is 50.7 Å². The largest absolute Gasteiger partial charge is 0.492 e. The van der Waals surface area contributed by atoms with Gasteiger partial charge in [0.1, 0.15) is 18.3 Å². The summed E-state index contributed by atoms with van der Waals surface area (Å²) in [4.78, 5) is 30.0. The summed E-state index contributed by atoms with van der Waals surface area (Å²) in [6.45, 7) is 6.95. The first kappa shape index (κ1) is 35.8. The maximum Gasteiger partial charge on any atom is 0.264 e. The molecule has 1 N–H and O–H groups in total. The molecule has 4 aromatic carbocycles. The van der Waals surface area contributed by atoms with Crippen LogP contribution in [0.1, 0.15) is 38.8 Å². The highest BCUT2D eigenvalue weighted by Gasteiger charge is 2.36. The van der Waals surface area contributed by atoms with E-state index in [1.807, 2.05) is 51.1 Å². The number of carbonyl (C=O) groups is 2. The van der Waals surface area contributed by atoms with Crippen LogP contribution in [0.25, 0.3) is 0 Å². The number of nitrogens with one attached hydrogen (secondary N) is 1. The van der Waals surface area contributed by atoms with E-state index in [1.54, 1.807) is 55.5 Å². The highest BCUT2D eigenvalue weighted by molar-refractivity contribution is 7.92. The highest BCUT2D eigenvalue weighted by atomic mass is 35.5. The van der Waals surface area contributed by atoms with Gasteiger partial charge in [0.15, 0.2) is 0 Å². The van der Waals surface area contributed by atoms with Gasteiger partial charge in [-0.3, -0.25) is 13.9 Å². The molecule has 0 aliphatic carbocycles. The lowest BCUT2D eigenvalue weighted by Crippen LogP contribution is -2.56. The normalized spacial score (nSPS) is 12.2. The van der Waals surface area contributed by atoms with Crippen molar-refractivity contribution in [1.82, 2.24) is 10.2 Å². The van der Waals surface area contributed by atoms with Crippen LogP contribution in [0.5, 0.6) is 5.75 Å².